The second kappa shape index (κ2) is 5.24. The number of amides is 1. The van der Waals surface area contributed by atoms with Gasteiger partial charge in [-0.1, -0.05) is 48.5 Å². The van der Waals surface area contributed by atoms with E-state index < -0.39 is 11.5 Å². The number of para-hydroxylation sites is 1. The standard InChI is InChI=1S/C16H17NO2/c1-16(2,19)15(18)17-14-11-7-6-10-13(14)12-8-4-3-5-9-12/h3-11,19H,1-2H3,(H,17,18). The first-order chi connectivity index (χ1) is 8.98. The number of benzene rings is 2. The van der Waals surface area contributed by atoms with Gasteiger partial charge in [0.25, 0.3) is 5.91 Å². The van der Waals surface area contributed by atoms with Crippen LogP contribution in [0.4, 0.5) is 5.69 Å². The number of nitrogens with one attached hydrogen (secondary N) is 1. The number of hydrogen-bond donors (Lipinski definition) is 2. The molecule has 0 aliphatic rings. The van der Waals surface area contributed by atoms with Gasteiger partial charge in [-0.2, -0.15) is 0 Å². The minimum atomic E-state index is -1.40. The third-order valence-electron chi connectivity index (χ3n) is 2.82. The van der Waals surface area contributed by atoms with Gasteiger partial charge in [-0.3, -0.25) is 4.79 Å². The molecule has 98 valence electrons. The molecular weight excluding hydrogens is 238 g/mol. The van der Waals surface area contributed by atoms with Crippen LogP contribution in [0.1, 0.15) is 13.8 Å². The topological polar surface area (TPSA) is 49.3 Å². The van der Waals surface area contributed by atoms with Crippen LogP contribution in [0.5, 0.6) is 0 Å². The van der Waals surface area contributed by atoms with Crippen molar-refractivity contribution in [2.24, 2.45) is 0 Å². The summed E-state index contributed by atoms with van der Waals surface area (Å²) in [6, 6.07) is 17.3. The van der Waals surface area contributed by atoms with Gasteiger partial charge in [-0.15, -0.1) is 0 Å². The number of rotatable bonds is 3. The second-order valence-corrected chi connectivity index (χ2v) is 4.92. The first-order valence-electron chi connectivity index (χ1n) is 6.17. The lowest BCUT2D eigenvalue weighted by Gasteiger charge is -2.18. The molecule has 2 N–H and O–H groups in total. The Morgan fingerprint density at radius 3 is 2.21 bits per heavy atom. The Bertz CT molecular complexity index is 571. The normalized spacial score (nSPS) is 11.1. The van der Waals surface area contributed by atoms with Crippen molar-refractivity contribution in [3.05, 3.63) is 54.6 Å². The lowest BCUT2D eigenvalue weighted by Crippen LogP contribution is -2.36. The van der Waals surface area contributed by atoms with Crippen LogP contribution in [0, 0.1) is 0 Å². The number of hydrogen-bond acceptors (Lipinski definition) is 2. The molecule has 0 spiro atoms. The highest BCUT2D eigenvalue weighted by molar-refractivity contribution is 5.99. The zero-order chi connectivity index (χ0) is 13.9. The fourth-order valence-electron chi connectivity index (χ4n) is 1.74. The van der Waals surface area contributed by atoms with E-state index in [1.54, 1.807) is 0 Å². The van der Waals surface area contributed by atoms with Crippen molar-refractivity contribution < 1.29 is 9.90 Å². The van der Waals surface area contributed by atoms with Gasteiger partial charge >= 0.3 is 0 Å². The van der Waals surface area contributed by atoms with Crippen molar-refractivity contribution in [1.82, 2.24) is 0 Å². The van der Waals surface area contributed by atoms with E-state index in [0.717, 1.165) is 11.1 Å². The molecule has 3 nitrogen and oxygen atoms in total. The molecule has 3 heteroatoms. The molecule has 0 heterocycles. The van der Waals surface area contributed by atoms with Gasteiger partial charge in [0.15, 0.2) is 0 Å². The molecule has 0 unspecified atom stereocenters. The van der Waals surface area contributed by atoms with Crippen LogP contribution in [0.2, 0.25) is 0 Å². The molecule has 0 saturated carbocycles. The maximum atomic E-state index is 11.9. The summed E-state index contributed by atoms with van der Waals surface area (Å²) in [6.45, 7) is 2.93. The number of carbonyl (C=O) groups is 1. The zero-order valence-corrected chi connectivity index (χ0v) is 11.1. The highest BCUT2D eigenvalue weighted by Crippen LogP contribution is 2.28. The van der Waals surface area contributed by atoms with E-state index in [4.69, 9.17) is 0 Å². The lowest BCUT2D eigenvalue weighted by atomic mass is 10.0. The fraction of sp³-hybridized carbons (Fsp3) is 0.188. The third kappa shape index (κ3) is 3.20. The van der Waals surface area contributed by atoms with E-state index in [1.165, 1.54) is 13.8 Å². The van der Waals surface area contributed by atoms with Crippen molar-refractivity contribution >= 4 is 11.6 Å². The van der Waals surface area contributed by atoms with E-state index in [1.807, 2.05) is 54.6 Å². The Hall–Kier alpha value is -2.13. The van der Waals surface area contributed by atoms with Crippen LogP contribution in [0.3, 0.4) is 0 Å². The predicted octanol–water partition coefficient (Wildman–Crippen LogP) is 3.06. The van der Waals surface area contributed by atoms with Gasteiger partial charge in [0.1, 0.15) is 5.60 Å². The van der Waals surface area contributed by atoms with E-state index in [-0.39, 0.29) is 0 Å². The maximum absolute atomic E-state index is 11.9. The summed E-state index contributed by atoms with van der Waals surface area (Å²) in [6.07, 6.45) is 0. The Morgan fingerprint density at radius 2 is 1.58 bits per heavy atom. The molecule has 0 aliphatic carbocycles. The molecule has 2 aromatic rings. The van der Waals surface area contributed by atoms with Gasteiger partial charge in [-0.05, 0) is 25.5 Å². The first-order valence-corrected chi connectivity index (χ1v) is 6.17. The van der Waals surface area contributed by atoms with E-state index in [9.17, 15) is 9.90 Å². The van der Waals surface area contributed by atoms with Gasteiger partial charge in [0, 0.05) is 11.3 Å². The van der Waals surface area contributed by atoms with E-state index in [2.05, 4.69) is 5.32 Å². The molecular formula is C16H17NO2. The van der Waals surface area contributed by atoms with Crippen LogP contribution in [0.15, 0.2) is 54.6 Å². The summed E-state index contributed by atoms with van der Waals surface area (Å²) in [7, 11) is 0. The van der Waals surface area contributed by atoms with Crippen LogP contribution >= 0.6 is 0 Å². The number of carbonyl (C=O) groups excluding carboxylic acids is 1. The fourth-order valence-corrected chi connectivity index (χ4v) is 1.74. The molecule has 2 aromatic carbocycles. The highest BCUT2D eigenvalue weighted by Gasteiger charge is 2.24. The monoisotopic (exact) mass is 255 g/mol. The van der Waals surface area contributed by atoms with Gasteiger partial charge in [-0.25, -0.2) is 0 Å². The summed E-state index contributed by atoms with van der Waals surface area (Å²) < 4.78 is 0. The molecule has 19 heavy (non-hydrogen) atoms. The maximum Gasteiger partial charge on any atom is 0.255 e. The SMILES string of the molecule is CC(C)(O)C(=O)Nc1ccccc1-c1ccccc1. The van der Waals surface area contributed by atoms with Crippen LogP contribution in [-0.4, -0.2) is 16.6 Å². The Labute approximate surface area is 112 Å². The Kier molecular flexibility index (Phi) is 3.67. The van der Waals surface area contributed by atoms with Crippen molar-refractivity contribution in [2.75, 3.05) is 5.32 Å². The second-order valence-electron chi connectivity index (χ2n) is 4.92. The van der Waals surface area contributed by atoms with Gasteiger partial charge < -0.3 is 10.4 Å². The van der Waals surface area contributed by atoms with Crippen molar-refractivity contribution in [1.29, 1.82) is 0 Å². The molecule has 0 fully saturated rings. The quantitative estimate of drug-likeness (QED) is 0.885. The molecule has 1 amide bonds. The molecule has 0 aromatic heterocycles. The van der Waals surface area contributed by atoms with Crippen LogP contribution < -0.4 is 5.32 Å². The molecule has 0 radical (unpaired) electrons. The summed E-state index contributed by atoms with van der Waals surface area (Å²) in [5, 5.41) is 12.5. The number of aliphatic hydroxyl groups is 1. The molecule has 0 atom stereocenters. The van der Waals surface area contributed by atoms with Gasteiger partial charge in [0.2, 0.25) is 0 Å². The van der Waals surface area contributed by atoms with Crippen molar-refractivity contribution in [3.8, 4) is 11.1 Å². The molecule has 0 aliphatic heterocycles. The molecule has 0 bridgehead atoms. The largest absolute Gasteiger partial charge is 0.381 e. The Balaban J connectivity index is 2.35. The minimum Gasteiger partial charge on any atom is -0.381 e. The van der Waals surface area contributed by atoms with Crippen molar-refractivity contribution in [3.63, 3.8) is 0 Å². The van der Waals surface area contributed by atoms with Gasteiger partial charge in [0.05, 0.1) is 0 Å². The lowest BCUT2D eigenvalue weighted by molar-refractivity contribution is -0.130. The minimum absolute atomic E-state index is 0.420. The third-order valence-corrected chi connectivity index (χ3v) is 2.82. The predicted molar refractivity (Wildman–Crippen MR) is 76.8 cm³/mol. The summed E-state index contributed by atoms with van der Waals surface area (Å²) >= 11 is 0. The summed E-state index contributed by atoms with van der Waals surface area (Å²) in [4.78, 5) is 11.9. The first kappa shape index (κ1) is 13.3. The molecule has 2 rings (SSSR count). The highest BCUT2D eigenvalue weighted by atomic mass is 16.3. The summed E-state index contributed by atoms with van der Waals surface area (Å²) in [5.41, 5.74) is 1.25. The average molecular weight is 255 g/mol. The summed E-state index contributed by atoms with van der Waals surface area (Å²) in [5.74, 6) is -0.420. The smallest absolute Gasteiger partial charge is 0.255 e. The van der Waals surface area contributed by atoms with Crippen LogP contribution in [-0.2, 0) is 4.79 Å². The van der Waals surface area contributed by atoms with E-state index >= 15 is 0 Å². The molecule has 0 saturated heterocycles. The average Bonchev–Trinajstić information content (AvgIpc) is 2.39. The van der Waals surface area contributed by atoms with Crippen molar-refractivity contribution in [2.45, 2.75) is 19.4 Å². The van der Waals surface area contributed by atoms with E-state index in [0.29, 0.717) is 5.69 Å². The number of anilines is 1. The van der Waals surface area contributed by atoms with Crippen LogP contribution in [0.25, 0.3) is 11.1 Å². The Morgan fingerprint density at radius 1 is 1.00 bits per heavy atom. The zero-order valence-electron chi connectivity index (χ0n) is 11.1.